The first-order valence-electron chi connectivity index (χ1n) is 30.0. The maximum Gasteiger partial charge on any atom is 0.306 e. The molecule has 0 aliphatic rings. The Bertz CT molecular complexity index is 1390. The van der Waals surface area contributed by atoms with Crippen LogP contribution >= 0.6 is 0 Å². The summed E-state index contributed by atoms with van der Waals surface area (Å²) >= 11 is 0. The summed E-state index contributed by atoms with van der Waals surface area (Å²) in [6.45, 7) is 6.38. The lowest BCUT2D eigenvalue weighted by Crippen LogP contribution is -2.46. The van der Waals surface area contributed by atoms with E-state index >= 15 is 0 Å². The van der Waals surface area contributed by atoms with E-state index < -0.39 is 18.2 Å². The number of rotatable bonds is 53. The molecule has 0 bridgehead atoms. The summed E-state index contributed by atoms with van der Waals surface area (Å²) in [5.74, 6) is -0.530. The lowest BCUT2D eigenvalue weighted by atomic mass is 10.0. The lowest BCUT2D eigenvalue weighted by Gasteiger charge is -2.24. The molecule has 0 aliphatic heterocycles. The summed E-state index contributed by atoms with van der Waals surface area (Å²) < 4.78 is 5.95. The van der Waals surface area contributed by atoms with Crippen molar-refractivity contribution in [2.75, 3.05) is 6.61 Å². The Labute approximate surface area is 439 Å². The van der Waals surface area contributed by atoms with Gasteiger partial charge in [-0.25, -0.2) is 0 Å². The van der Waals surface area contributed by atoms with Crippen LogP contribution in [0, 0.1) is 0 Å². The molecule has 0 heterocycles. The third-order valence-corrected chi connectivity index (χ3v) is 13.2. The highest BCUT2D eigenvalue weighted by atomic mass is 16.5. The second kappa shape index (κ2) is 57.7. The molecule has 408 valence electrons. The molecule has 3 atom stereocenters. The molecule has 0 aliphatic carbocycles. The number of aliphatic hydroxyl groups is 2. The molecule has 0 radical (unpaired) electrons. The highest BCUT2D eigenvalue weighted by Gasteiger charge is 2.24. The van der Waals surface area contributed by atoms with Crippen molar-refractivity contribution in [1.29, 1.82) is 0 Å². The normalized spacial score (nSPS) is 13.8. The number of amides is 1. The molecule has 0 fully saturated rings. The van der Waals surface area contributed by atoms with Crippen LogP contribution in [-0.2, 0) is 14.3 Å². The van der Waals surface area contributed by atoms with Crippen LogP contribution in [0.5, 0.6) is 0 Å². The van der Waals surface area contributed by atoms with Gasteiger partial charge in [-0.15, -0.1) is 0 Å². The predicted octanol–water partition coefficient (Wildman–Crippen LogP) is 18.8. The fraction of sp³-hybridized carbons (Fsp3) is 0.723. The van der Waals surface area contributed by atoms with Crippen LogP contribution < -0.4 is 5.32 Å². The van der Waals surface area contributed by atoms with Gasteiger partial charge in [0.15, 0.2) is 0 Å². The van der Waals surface area contributed by atoms with E-state index in [9.17, 15) is 19.8 Å². The van der Waals surface area contributed by atoms with Crippen molar-refractivity contribution in [2.45, 2.75) is 296 Å². The molecule has 0 aromatic rings. The van der Waals surface area contributed by atoms with Crippen molar-refractivity contribution in [2.24, 2.45) is 0 Å². The highest BCUT2D eigenvalue weighted by Crippen LogP contribution is 2.18. The number of esters is 1. The number of allylic oxidation sites excluding steroid dienone is 16. The number of carbonyl (C=O) groups is 2. The zero-order valence-electron chi connectivity index (χ0n) is 46.6. The number of carbonyl (C=O) groups excluding carboxylic acids is 2. The van der Waals surface area contributed by atoms with E-state index in [1.54, 1.807) is 0 Å². The average molecular weight is 989 g/mol. The van der Waals surface area contributed by atoms with Crippen LogP contribution in [0.1, 0.15) is 278 Å². The molecule has 6 nitrogen and oxygen atoms in total. The summed E-state index contributed by atoms with van der Waals surface area (Å²) in [5.41, 5.74) is 0. The number of unbranched alkanes of at least 4 members (excludes halogenated alkanes) is 29. The van der Waals surface area contributed by atoms with E-state index in [1.807, 2.05) is 36.5 Å². The number of nitrogens with one attached hydrogen (secondary N) is 1. The van der Waals surface area contributed by atoms with Gasteiger partial charge in [0.25, 0.3) is 0 Å². The summed E-state index contributed by atoms with van der Waals surface area (Å²) in [7, 11) is 0. The molecule has 0 spiro atoms. The smallest absolute Gasteiger partial charge is 0.306 e. The molecule has 0 saturated heterocycles. The van der Waals surface area contributed by atoms with Gasteiger partial charge in [0.05, 0.1) is 25.2 Å². The van der Waals surface area contributed by atoms with Crippen molar-refractivity contribution < 1.29 is 24.5 Å². The van der Waals surface area contributed by atoms with Gasteiger partial charge in [0.1, 0.15) is 6.10 Å². The third-order valence-electron chi connectivity index (χ3n) is 13.2. The summed E-state index contributed by atoms with van der Waals surface area (Å²) in [6, 6.07) is -0.726. The van der Waals surface area contributed by atoms with E-state index in [0.29, 0.717) is 19.3 Å². The molecule has 1 amide bonds. The minimum Gasteiger partial charge on any atom is -0.462 e. The molecule has 71 heavy (non-hydrogen) atoms. The Balaban J connectivity index is 4.65. The summed E-state index contributed by atoms with van der Waals surface area (Å²) in [6.07, 6.45) is 77.5. The SMILES string of the molecule is CCC/C=C/C=C/C=C/C=C/C=C/CCCCCC(CC(=O)NC(CO)C(O)CCCCCCCCCCCCCCCCCCC)OC(=O)CCCCCCCC/C=C\C/C=C\C/C=C\CCCCC. The maximum absolute atomic E-state index is 13.3. The molecule has 0 aromatic heterocycles. The lowest BCUT2D eigenvalue weighted by molar-refractivity contribution is -0.151. The van der Waals surface area contributed by atoms with Crippen LogP contribution in [-0.4, -0.2) is 46.9 Å². The Kier molecular flexibility index (Phi) is 55.1. The fourth-order valence-electron chi connectivity index (χ4n) is 8.70. The van der Waals surface area contributed by atoms with Gasteiger partial charge in [-0.2, -0.15) is 0 Å². The molecule has 3 N–H and O–H groups in total. The Morgan fingerprint density at radius 1 is 0.423 bits per heavy atom. The first-order valence-corrected chi connectivity index (χ1v) is 30.0. The van der Waals surface area contributed by atoms with Crippen LogP contribution in [0.25, 0.3) is 0 Å². The average Bonchev–Trinajstić information content (AvgIpc) is 3.36. The first kappa shape index (κ1) is 67.8. The number of hydrogen-bond donors (Lipinski definition) is 3. The van der Waals surface area contributed by atoms with Crippen LogP contribution in [0.4, 0.5) is 0 Å². The zero-order valence-corrected chi connectivity index (χ0v) is 46.6. The Morgan fingerprint density at radius 3 is 1.31 bits per heavy atom. The van der Waals surface area contributed by atoms with E-state index in [2.05, 4.69) is 86.8 Å². The van der Waals surface area contributed by atoms with E-state index in [-0.39, 0.29) is 24.9 Å². The Morgan fingerprint density at radius 2 is 0.803 bits per heavy atom. The second-order valence-electron chi connectivity index (χ2n) is 20.2. The standard InChI is InChI=1S/C65H113NO5/c1-4-7-10-13-16-19-22-25-28-31-32-34-37-40-43-46-49-52-55-58-65(70)71-61(56-53-50-47-44-41-38-35-30-27-24-21-18-15-12-9-6-3)59-64(69)66-62(60-67)63(68)57-54-51-48-45-42-39-36-33-29-26-23-20-17-14-11-8-5-2/h12,15-16,18-19,21,24-25,27-28,30,32,34-35,38,41,61-63,67-68H,4-11,13-14,17,20,22-23,26,29,31,33,36-37,39-40,42-60H2,1-3H3,(H,66,69)/b15-12+,19-16-,21-18+,27-24+,28-25-,34-32-,35-30+,41-38+. The van der Waals surface area contributed by atoms with Crippen molar-refractivity contribution >= 4 is 11.9 Å². The van der Waals surface area contributed by atoms with Crippen molar-refractivity contribution in [3.05, 3.63) is 97.2 Å². The van der Waals surface area contributed by atoms with Crippen molar-refractivity contribution in [3.8, 4) is 0 Å². The minimum absolute atomic E-state index is 0.0395. The monoisotopic (exact) mass is 988 g/mol. The number of hydrogen-bond acceptors (Lipinski definition) is 5. The van der Waals surface area contributed by atoms with Gasteiger partial charge < -0.3 is 20.3 Å². The van der Waals surface area contributed by atoms with E-state index in [0.717, 1.165) is 89.9 Å². The molecule has 0 rings (SSSR count). The maximum atomic E-state index is 13.3. The molecule has 0 aromatic carbocycles. The van der Waals surface area contributed by atoms with Gasteiger partial charge in [-0.3, -0.25) is 9.59 Å². The quantitative estimate of drug-likeness (QED) is 0.0244. The predicted molar refractivity (Wildman–Crippen MR) is 310 cm³/mol. The summed E-state index contributed by atoms with van der Waals surface area (Å²) in [4.78, 5) is 26.3. The van der Waals surface area contributed by atoms with E-state index in [1.165, 1.54) is 141 Å². The molecular weight excluding hydrogens is 875 g/mol. The summed E-state index contributed by atoms with van der Waals surface area (Å²) in [5, 5.41) is 23.9. The Hall–Kier alpha value is -3.22. The zero-order chi connectivity index (χ0) is 51.6. The van der Waals surface area contributed by atoms with Gasteiger partial charge >= 0.3 is 5.97 Å². The van der Waals surface area contributed by atoms with Gasteiger partial charge in [-0.1, -0.05) is 279 Å². The first-order chi connectivity index (χ1) is 35.0. The fourth-order valence-corrected chi connectivity index (χ4v) is 8.70. The van der Waals surface area contributed by atoms with Crippen LogP contribution in [0.15, 0.2) is 97.2 Å². The number of ether oxygens (including phenoxy) is 1. The van der Waals surface area contributed by atoms with Crippen LogP contribution in [0.2, 0.25) is 0 Å². The third kappa shape index (κ3) is 52.9. The van der Waals surface area contributed by atoms with Gasteiger partial charge in [-0.05, 0) is 83.5 Å². The molecule has 6 heteroatoms. The second-order valence-corrected chi connectivity index (χ2v) is 20.2. The highest BCUT2D eigenvalue weighted by molar-refractivity contribution is 5.77. The number of aliphatic hydroxyl groups excluding tert-OH is 2. The van der Waals surface area contributed by atoms with Crippen molar-refractivity contribution in [1.82, 2.24) is 5.32 Å². The van der Waals surface area contributed by atoms with Gasteiger partial charge in [0.2, 0.25) is 5.91 Å². The largest absolute Gasteiger partial charge is 0.462 e. The van der Waals surface area contributed by atoms with Gasteiger partial charge in [0, 0.05) is 6.42 Å². The molecule has 3 unspecified atom stereocenters. The van der Waals surface area contributed by atoms with E-state index in [4.69, 9.17) is 4.74 Å². The molecular formula is C65H113NO5. The molecule has 0 saturated carbocycles. The minimum atomic E-state index is -0.809. The van der Waals surface area contributed by atoms with Crippen LogP contribution in [0.3, 0.4) is 0 Å². The van der Waals surface area contributed by atoms with Crippen molar-refractivity contribution in [3.63, 3.8) is 0 Å². The topological polar surface area (TPSA) is 95.9 Å².